The lowest BCUT2D eigenvalue weighted by atomic mass is 10.1. The Morgan fingerprint density at radius 1 is 1.07 bits per heavy atom. The average molecular weight is 369 g/mol. The molecule has 2 rings (SSSR count). The van der Waals surface area contributed by atoms with E-state index in [1.165, 1.54) is 20.1 Å². The van der Waals surface area contributed by atoms with Crippen molar-refractivity contribution in [3.05, 3.63) is 65.7 Å². The first kappa shape index (κ1) is 20.0. The van der Waals surface area contributed by atoms with Gasteiger partial charge in [-0.05, 0) is 30.7 Å². The minimum Gasteiger partial charge on any atom is -0.497 e. The van der Waals surface area contributed by atoms with E-state index in [1.807, 2.05) is 30.3 Å². The molecule has 1 atom stereocenters. The number of carbonyl (C=O) groups is 2. The fraction of sp³-hybridized carbons (Fsp3) is 0.238. The molecule has 0 saturated heterocycles. The molecule has 142 valence electrons. The summed E-state index contributed by atoms with van der Waals surface area (Å²) >= 11 is 0. The van der Waals surface area contributed by atoms with Crippen LogP contribution in [0.25, 0.3) is 6.08 Å². The molecule has 0 bridgehead atoms. The fourth-order valence-corrected chi connectivity index (χ4v) is 2.31. The predicted molar refractivity (Wildman–Crippen MR) is 102 cm³/mol. The number of nitrogens with one attached hydrogen (secondary N) is 1. The van der Waals surface area contributed by atoms with Gasteiger partial charge in [-0.3, -0.25) is 4.79 Å². The van der Waals surface area contributed by atoms with Crippen molar-refractivity contribution in [2.45, 2.75) is 19.6 Å². The van der Waals surface area contributed by atoms with E-state index in [9.17, 15) is 9.59 Å². The Hall–Kier alpha value is -3.28. The van der Waals surface area contributed by atoms with Gasteiger partial charge in [-0.25, -0.2) is 4.79 Å². The Balaban J connectivity index is 1.88. The molecule has 2 aromatic carbocycles. The van der Waals surface area contributed by atoms with Crippen molar-refractivity contribution in [3.8, 4) is 11.5 Å². The summed E-state index contributed by atoms with van der Waals surface area (Å²) in [6.45, 7) is 1.90. The van der Waals surface area contributed by atoms with Gasteiger partial charge >= 0.3 is 5.97 Å². The molecule has 1 amide bonds. The molecule has 0 aromatic heterocycles. The minimum atomic E-state index is -0.899. The van der Waals surface area contributed by atoms with Gasteiger partial charge in [0.15, 0.2) is 6.10 Å². The summed E-state index contributed by atoms with van der Waals surface area (Å²) in [4.78, 5) is 24.0. The Morgan fingerprint density at radius 2 is 1.81 bits per heavy atom. The van der Waals surface area contributed by atoms with E-state index in [4.69, 9.17) is 14.2 Å². The lowest BCUT2D eigenvalue weighted by molar-refractivity contribution is -0.150. The Kier molecular flexibility index (Phi) is 7.43. The molecule has 0 radical (unpaired) electrons. The lowest BCUT2D eigenvalue weighted by Crippen LogP contribution is -2.35. The molecule has 2 aromatic rings. The first-order valence-electron chi connectivity index (χ1n) is 8.46. The molecule has 0 aliphatic heterocycles. The summed E-state index contributed by atoms with van der Waals surface area (Å²) in [7, 11) is 3.09. The van der Waals surface area contributed by atoms with Gasteiger partial charge in [0, 0.05) is 24.3 Å². The highest BCUT2D eigenvalue weighted by molar-refractivity contribution is 5.90. The zero-order valence-corrected chi connectivity index (χ0v) is 15.6. The molecule has 0 heterocycles. The summed E-state index contributed by atoms with van der Waals surface area (Å²) < 4.78 is 15.5. The molecule has 0 aliphatic rings. The molecule has 6 nitrogen and oxygen atoms in total. The number of rotatable bonds is 8. The summed E-state index contributed by atoms with van der Waals surface area (Å²) in [6, 6.07) is 14.7. The zero-order chi connectivity index (χ0) is 19.6. The highest BCUT2D eigenvalue weighted by Crippen LogP contribution is 2.25. The number of methoxy groups -OCH3 is 2. The largest absolute Gasteiger partial charge is 0.497 e. The zero-order valence-electron chi connectivity index (χ0n) is 15.6. The number of carbonyl (C=O) groups excluding carboxylic acids is 2. The molecule has 1 N–H and O–H groups in total. The van der Waals surface area contributed by atoms with Crippen molar-refractivity contribution in [2.24, 2.45) is 0 Å². The van der Waals surface area contributed by atoms with Gasteiger partial charge in [-0.2, -0.15) is 0 Å². The molecule has 0 unspecified atom stereocenters. The number of hydrogen-bond acceptors (Lipinski definition) is 5. The van der Waals surface area contributed by atoms with Gasteiger partial charge in [0.25, 0.3) is 5.91 Å². The van der Waals surface area contributed by atoms with E-state index in [0.717, 1.165) is 5.56 Å². The molecule has 0 fully saturated rings. The number of esters is 1. The second-order valence-electron chi connectivity index (χ2n) is 5.72. The van der Waals surface area contributed by atoms with Crippen LogP contribution in [0, 0.1) is 0 Å². The van der Waals surface area contributed by atoms with Crippen LogP contribution in [0.15, 0.2) is 54.6 Å². The van der Waals surface area contributed by atoms with E-state index in [1.54, 1.807) is 31.4 Å². The highest BCUT2D eigenvalue weighted by atomic mass is 16.5. The Labute approximate surface area is 158 Å². The van der Waals surface area contributed by atoms with Crippen LogP contribution in [0.4, 0.5) is 0 Å². The topological polar surface area (TPSA) is 73.9 Å². The maximum atomic E-state index is 12.1. The van der Waals surface area contributed by atoms with Crippen LogP contribution >= 0.6 is 0 Å². The van der Waals surface area contributed by atoms with Gasteiger partial charge in [0.05, 0.1) is 14.2 Å². The smallest absolute Gasteiger partial charge is 0.331 e. The van der Waals surface area contributed by atoms with Crippen molar-refractivity contribution in [2.75, 3.05) is 14.2 Å². The number of amides is 1. The number of ether oxygens (including phenoxy) is 3. The van der Waals surface area contributed by atoms with Crippen LogP contribution in [-0.4, -0.2) is 32.2 Å². The summed E-state index contributed by atoms with van der Waals surface area (Å²) in [5, 5.41) is 2.73. The van der Waals surface area contributed by atoms with Crippen molar-refractivity contribution in [1.29, 1.82) is 0 Å². The SMILES string of the molecule is COc1ccc(/C=C/C(=O)O[C@@H](C)C(=O)NCc2ccccc2)c(OC)c1. The maximum absolute atomic E-state index is 12.1. The third-order valence-electron chi connectivity index (χ3n) is 3.81. The molecule has 0 aliphatic carbocycles. The molecule has 27 heavy (non-hydrogen) atoms. The lowest BCUT2D eigenvalue weighted by Gasteiger charge is -2.12. The summed E-state index contributed by atoms with van der Waals surface area (Å²) in [5.41, 5.74) is 1.66. The molecule has 0 saturated carbocycles. The number of benzene rings is 2. The molecule has 0 spiro atoms. The highest BCUT2D eigenvalue weighted by Gasteiger charge is 2.16. The average Bonchev–Trinajstić information content (AvgIpc) is 2.70. The predicted octanol–water partition coefficient (Wildman–Crippen LogP) is 2.97. The van der Waals surface area contributed by atoms with Gasteiger partial charge in [0.2, 0.25) is 0 Å². The van der Waals surface area contributed by atoms with Crippen molar-refractivity contribution in [1.82, 2.24) is 5.32 Å². The summed E-state index contributed by atoms with van der Waals surface area (Å²) in [5.74, 6) is 0.236. The van der Waals surface area contributed by atoms with E-state index >= 15 is 0 Å². The standard InChI is InChI=1S/C21H23NO5/c1-15(21(24)22-14-16-7-5-4-6-8-16)27-20(23)12-10-17-9-11-18(25-2)13-19(17)26-3/h4-13,15H,14H2,1-3H3,(H,22,24)/b12-10+/t15-/m0/s1. The second-order valence-corrected chi connectivity index (χ2v) is 5.72. The third kappa shape index (κ3) is 6.18. The molecule has 6 heteroatoms. The molecular formula is C21H23NO5. The normalized spacial score (nSPS) is 11.7. The fourth-order valence-electron chi connectivity index (χ4n) is 2.31. The van der Waals surface area contributed by atoms with Gasteiger partial charge < -0.3 is 19.5 Å². The first-order chi connectivity index (χ1) is 13.0. The van der Waals surface area contributed by atoms with Crippen molar-refractivity contribution in [3.63, 3.8) is 0 Å². The van der Waals surface area contributed by atoms with E-state index in [2.05, 4.69) is 5.32 Å². The van der Waals surface area contributed by atoms with Crippen LogP contribution in [0.1, 0.15) is 18.1 Å². The molecular weight excluding hydrogens is 346 g/mol. The second kappa shape index (κ2) is 10.0. The minimum absolute atomic E-state index is 0.359. The van der Waals surface area contributed by atoms with Gasteiger partial charge in [-0.15, -0.1) is 0 Å². The van der Waals surface area contributed by atoms with E-state index in [0.29, 0.717) is 23.6 Å². The third-order valence-corrected chi connectivity index (χ3v) is 3.81. The van der Waals surface area contributed by atoms with Crippen LogP contribution < -0.4 is 14.8 Å². The monoisotopic (exact) mass is 369 g/mol. The van der Waals surface area contributed by atoms with E-state index < -0.39 is 12.1 Å². The van der Waals surface area contributed by atoms with Crippen molar-refractivity contribution >= 4 is 18.0 Å². The van der Waals surface area contributed by atoms with Crippen LogP contribution in [0.3, 0.4) is 0 Å². The van der Waals surface area contributed by atoms with Crippen LogP contribution in [-0.2, 0) is 20.9 Å². The number of hydrogen-bond donors (Lipinski definition) is 1. The van der Waals surface area contributed by atoms with Crippen molar-refractivity contribution < 1.29 is 23.8 Å². The Morgan fingerprint density at radius 3 is 2.48 bits per heavy atom. The van der Waals surface area contributed by atoms with Gasteiger partial charge in [0.1, 0.15) is 11.5 Å². The van der Waals surface area contributed by atoms with E-state index in [-0.39, 0.29) is 5.91 Å². The van der Waals surface area contributed by atoms with Gasteiger partial charge in [-0.1, -0.05) is 30.3 Å². The van der Waals surface area contributed by atoms with Crippen LogP contribution in [0.5, 0.6) is 11.5 Å². The Bertz CT molecular complexity index is 801. The maximum Gasteiger partial charge on any atom is 0.331 e. The first-order valence-corrected chi connectivity index (χ1v) is 8.46. The summed E-state index contributed by atoms with van der Waals surface area (Å²) in [6.07, 6.45) is 1.92. The quantitative estimate of drug-likeness (QED) is 0.572. The van der Waals surface area contributed by atoms with Crippen LogP contribution in [0.2, 0.25) is 0 Å².